The Morgan fingerprint density at radius 3 is 2.61 bits per heavy atom. The van der Waals surface area contributed by atoms with Crippen molar-refractivity contribution in [2.45, 2.75) is 26.4 Å². The maximum Gasteiger partial charge on any atom is 0.352 e. The standard InChI is InChI=1S/C22H26N2O4/c1-4-24-19-13-16(27-2)9-10-17(19)18(21(24)22(25)26)14-23-12-11-15-7-5-6-8-20(15)28-3/h5-10,13,23H,4,11-12,14H2,1-3H3,(H,25,26). The van der Waals surface area contributed by atoms with E-state index in [2.05, 4.69) is 5.32 Å². The van der Waals surface area contributed by atoms with E-state index in [1.54, 1.807) is 14.2 Å². The minimum atomic E-state index is -0.918. The Morgan fingerprint density at radius 1 is 1.14 bits per heavy atom. The Labute approximate surface area is 164 Å². The zero-order chi connectivity index (χ0) is 20.1. The van der Waals surface area contributed by atoms with Crippen molar-refractivity contribution in [3.05, 3.63) is 59.3 Å². The molecule has 148 valence electrons. The summed E-state index contributed by atoms with van der Waals surface area (Å²) < 4.78 is 12.5. The Balaban J connectivity index is 1.84. The van der Waals surface area contributed by atoms with Gasteiger partial charge in [0, 0.05) is 30.1 Å². The smallest absolute Gasteiger partial charge is 0.352 e. The van der Waals surface area contributed by atoms with E-state index < -0.39 is 5.97 Å². The van der Waals surface area contributed by atoms with E-state index in [1.807, 2.05) is 54.0 Å². The summed E-state index contributed by atoms with van der Waals surface area (Å²) in [7, 11) is 3.28. The lowest BCUT2D eigenvalue weighted by atomic mass is 10.1. The molecule has 0 atom stereocenters. The molecule has 2 aromatic carbocycles. The summed E-state index contributed by atoms with van der Waals surface area (Å²) in [5.41, 5.74) is 3.13. The first-order chi connectivity index (χ1) is 13.6. The van der Waals surface area contributed by atoms with E-state index in [9.17, 15) is 9.90 Å². The number of hydrogen-bond donors (Lipinski definition) is 2. The zero-order valence-electron chi connectivity index (χ0n) is 16.5. The van der Waals surface area contributed by atoms with Crippen molar-refractivity contribution >= 4 is 16.9 Å². The summed E-state index contributed by atoms with van der Waals surface area (Å²) >= 11 is 0. The molecule has 2 N–H and O–H groups in total. The molecule has 0 amide bonds. The van der Waals surface area contributed by atoms with Gasteiger partial charge in [-0.25, -0.2) is 4.79 Å². The molecule has 0 aliphatic rings. The molecule has 0 unspecified atom stereocenters. The van der Waals surface area contributed by atoms with Gasteiger partial charge in [0.1, 0.15) is 17.2 Å². The number of carboxylic acid groups (broad SMARTS) is 1. The highest BCUT2D eigenvalue weighted by Crippen LogP contribution is 2.30. The van der Waals surface area contributed by atoms with Crippen LogP contribution in [0.1, 0.15) is 28.5 Å². The predicted molar refractivity (Wildman–Crippen MR) is 110 cm³/mol. The molecule has 28 heavy (non-hydrogen) atoms. The third-order valence-electron chi connectivity index (χ3n) is 4.96. The summed E-state index contributed by atoms with van der Waals surface area (Å²) in [5, 5.41) is 14.1. The fourth-order valence-electron chi connectivity index (χ4n) is 3.63. The quantitative estimate of drug-likeness (QED) is 0.552. The number of hydrogen-bond acceptors (Lipinski definition) is 4. The van der Waals surface area contributed by atoms with E-state index in [1.165, 1.54) is 0 Å². The van der Waals surface area contributed by atoms with Crippen molar-refractivity contribution in [1.29, 1.82) is 0 Å². The first-order valence-corrected chi connectivity index (χ1v) is 9.35. The van der Waals surface area contributed by atoms with Crippen LogP contribution in [0, 0.1) is 0 Å². The molecular formula is C22H26N2O4. The molecule has 0 spiro atoms. The first-order valence-electron chi connectivity index (χ1n) is 9.35. The predicted octanol–water partition coefficient (Wildman–Crippen LogP) is 3.71. The highest BCUT2D eigenvalue weighted by Gasteiger charge is 2.21. The van der Waals surface area contributed by atoms with Crippen molar-refractivity contribution in [1.82, 2.24) is 9.88 Å². The van der Waals surface area contributed by atoms with Crippen LogP contribution in [0.3, 0.4) is 0 Å². The second-order valence-corrected chi connectivity index (χ2v) is 6.50. The van der Waals surface area contributed by atoms with Crippen LogP contribution in [0.2, 0.25) is 0 Å². The minimum Gasteiger partial charge on any atom is -0.497 e. The van der Waals surface area contributed by atoms with E-state index in [4.69, 9.17) is 9.47 Å². The van der Waals surface area contributed by atoms with Gasteiger partial charge in [-0.15, -0.1) is 0 Å². The molecule has 1 aromatic heterocycles. The first kappa shape index (κ1) is 19.8. The van der Waals surface area contributed by atoms with Gasteiger partial charge in [-0.05, 0) is 43.7 Å². The Hall–Kier alpha value is -2.99. The lowest BCUT2D eigenvalue weighted by molar-refractivity contribution is 0.0684. The maximum atomic E-state index is 12.0. The molecule has 0 saturated carbocycles. The molecule has 0 aliphatic heterocycles. The molecule has 0 saturated heterocycles. The maximum absolute atomic E-state index is 12.0. The number of benzene rings is 2. The van der Waals surface area contributed by atoms with Crippen molar-refractivity contribution in [2.24, 2.45) is 0 Å². The SMILES string of the molecule is CCn1c(C(=O)O)c(CNCCc2ccccc2OC)c2ccc(OC)cc21. The topological polar surface area (TPSA) is 72.7 Å². The molecule has 3 rings (SSSR count). The second-order valence-electron chi connectivity index (χ2n) is 6.50. The summed E-state index contributed by atoms with van der Waals surface area (Å²) in [6.07, 6.45) is 0.798. The van der Waals surface area contributed by atoms with E-state index >= 15 is 0 Å². The van der Waals surface area contributed by atoms with Crippen LogP contribution < -0.4 is 14.8 Å². The largest absolute Gasteiger partial charge is 0.497 e. The van der Waals surface area contributed by atoms with Gasteiger partial charge in [-0.2, -0.15) is 0 Å². The molecule has 1 heterocycles. The fraction of sp³-hybridized carbons (Fsp3) is 0.318. The van der Waals surface area contributed by atoms with E-state index in [-0.39, 0.29) is 0 Å². The minimum absolute atomic E-state index is 0.329. The average molecular weight is 382 g/mol. The Morgan fingerprint density at radius 2 is 1.93 bits per heavy atom. The highest BCUT2D eigenvalue weighted by atomic mass is 16.5. The number of aryl methyl sites for hydroxylation is 1. The van der Waals surface area contributed by atoms with Crippen LogP contribution >= 0.6 is 0 Å². The normalized spacial score (nSPS) is 11.0. The summed E-state index contributed by atoms with van der Waals surface area (Å²) in [5.74, 6) is 0.663. The number of rotatable bonds is 9. The van der Waals surface area contributed by atoms with Gasteiger partial charge in [-0.1, -0.05) is 18.2 Å². The number of aromatic carboxylic acids is 1. The fourth-order valence-corrected chi connectivity index (χ4v) is 3.63. The Bertz CT molecular complexity index is 978. The van der Waals surface area contributed by atoms with E-state index in [0.29, 0.717) is 31.1 Å². The van der Waals surface area contributed by atoms with Crippen molar-refractivity contribution < 1.29 is 19.4 Å². The van der Waals surface area contributed by atoms with Crippen molar-refractivity contribution in [2.75, 3.05) is 20.8 Å². The zero-order valence-corrected chi connectivity index (χ0v) is 16.5. The van der Waals surface area contributed by atoms with Gasteiger partial charge in [-0.3, -0.25) is 0 Å². The summed E-state index contributed by atoms with van der Waals surface area (Å²) in [6.45, 7) is 3.72. The lowest BCUT2D eigenvalue weighted by Gasteiger charge is -2.10. The van der Waals surface area contributed by atoms with Gasteiger partial charge < -0.3 is 24.5 Å². The van der Waals surface area contributed by atoms with Gasteiger partial charge in [0.05, 0.1) is 19.7 Å². The van der Waals surface area contributed by atoms with Crippen LogP contribution in [0.4, 0.5) is 0 Å². The lowest BCUT2D eigenvalue weighted by Crippen LogP contribution is -2.19. The van der Waals surface area contributed by atoms with Gasteiger partial charge in [0.2, 0.25) is 0 Å². The monoisotopic (exact) mass is 382 g/mol. The third-order valence-corrected chi connectivity index (χ3v) is 4.96. The molecule has 0 radical (unpaired) electrons. The second kappa shape index (κ2) is 8.80. The van der Waals surface area contributed by atoms with E-state index in [0.717, 1.165) is 34.2 Å². The molecule has 0 bridgehead atoms. The molecule has 6 nitrogen and oxygen atoms in total. The van der Waals surface area contributed by atoms with Crippen LogP contribution in [0.25, 0.3) is 10.9 Å². The van der Waals surface area contributed by atoms with Crippen LogP contribution in [-0.2, 0) is 19.5 Å². The number of carbonyl (C=O) groups is 1. The van der Waals surface area contributed by atoms with Crippen LogP contribution in [-0.4, -0.2) is 36.4 Å². The summed E-state index contributed by atoms with van der Waals surface area (Å²) in [4.78, 5) is 12.0. The number of para-hydroxylation sites is 1. The Kier molecular flexibility index (Phi) is 6.21. The highest BCUT2D eigenvalue weighted by molar-refractivity contribution is 5.98. The van der Waals surface area contributed by atoms with Gasteiger partial charge >= 0.3 is 5.97 Å². The number of nitrogens with one attached hydrogen (secondary N) is 1. The number of ether oxygens (including phenoxy) is 2. The third kappa shape index (κ3) is 3.82. The number of carboxylic acids is 1. The molecule has 6 heteroatoms. The average Bonchev–Trinajstić information content (AvgIpc) is 3.04. The molecule has 0 aliphatic carbocycles. The number of methoxy groups -OCH3 is 2. The molecule has 0 fully saturated rings. The summed E-state index contributed by atoms with van der Waals surface area (Å²) in [6, 6.07) is 13.6. The molecule has 3 aromatic rings. The molecular weight excluding hydrogens is 356 g/mol. The number of fused-ring (bicyclic) bond motifs is 1. The number of nitrogens with zero attached hydrogens (tertiary/aromatic N) is 1. The van der Waals surface area contributed by atoms with Gasteiger partial charge in [0.25, 0.3) is 0 Å². The number of aromatic nitrogens is 1. The van der Waals surface area contributed by atoms with Crippen molar-refractivity contribution in [3.63, 3.8) is 0 Å². The van der Waals surface area contributed by atoms with Crippen LogP contribution in [0.5, 0.6) is 11.5 Å². The van der Waals surface area contributed by atoms with Crippen LogP contribution in [0.15, 0.2) is 42.5 Å². The van der Waals surface area contributed by atoms with Crippen molar-refractivity contribution in [3.8, 4) is 11.5 Å². The van der Waals surface area contributed by atoms with Gasteiger partial charge in [0.15, 0.2) is 0 Å².